The Balaban J connectivity index is 2.04. The van der Waals surface area contributed by atoms with E-state index in [1.807, 2.05) is 37.3 Å². The van der Waals surface area contributed by atoms with Crippen molar-refractivity contribution >= 4 is 33.4 Å². The first-order chi connectivity index (χ1) is 11.0. The summed E-state index contributed by atoms with van der Waals surface area (Å²) < 4.78 is 0.935. The van der Waals surface area contributed by atoms with Gasteiger partial charge in [0.2, 0.25) is 11.8 Å². The highest BCUT2D eigenvalue weighted by Gasteiger charge is 2.17. The van der Waals surface area contributed by atoms with Crippen LogP contribution in [0, 0.1) is 6.92 Å². The van der Waals surface area contributed by atoms with Gasteiger partial charge in [-0.15, -0.1) is 0 Å². The summed E-state index contributed by atoms with van der Waals surface area (Å²) in [6.45, 7) is 3.76. The van der Waals surface area contributed by atoms with Crippen molar-refractivity contribution in [2.75, 3.05) is 11.4 Å². The standard InChI is InChI=1S/C17H18BrN3O2/c1-12-9-15(18)3-4-16(12)21(13(2)22)11-17(23)20-10-14-5-7-19-8-6-14/h3-9H,10-11H2,1-2H3,(H,20,23). The number of anilines is 1. The van der Waals surface area contributed by atoms with Crippen LogP contribution in [-0.2, 0) is 16.1 Å². The van der Waals surface area contributed by atoms with Gasteiger partial charge in [-0.3, -0.25) is 14.6 Å². The maximum Gasteiger partial charge on any atom is 0.240 e. The molecular weight excluding hydrogens is 358 g/mol. The molecule has 120 valence electrons. The number of hydrogen-bond acceptors (Lipinski definition) is 3. The van der Waals surface area contributed by atoms with Crippen LogP contribution in [0.1, 0.15) is 18.1 Å². The normalized spacial score (nSPS) is 10.2. The Hall–Kier alpha value is -2.21. The zero-order chi connectivity index (χ0) is 16.8. The SMILES string of the molecule is CC(=O)N(CC(=O)NCc1ccncc1)c1ccc(Br)cc1C. The number of hydrogen-bond donors (Lipinski definition) is 1. The van der Waals surface area contributed by atoms with Crippen LogP contribution in [0.5, 0.6) is 0 Å². The highest BCUT2D eigenvalue weighted by atomic mass is 79.9. The molecule has 0 bridgehead atoms. The molecule has 1 heterocycles. The second-order valence-electron chi connectivity index (χ2n) is 5.17. The lowest BCUT2D eigenvalue weighted by Gasteiger charge is -2.22. The van der Waals surface area contributed by atoms with Crippen LogP contribution < -0.4 is 10.2 Å². The smallest absolute Gasteiger partial charge is 0.240 e. The predicted octanol–water partition coefficient (Wildman–Crippen LogP) is 2.82. The molecule has 0 aliphatic heterocycles. The molecule has 0 fully saturated rings. The molecule has 23 heavy (non-hydrogen) atoms. The Kier molecular flexibility index (Phi) is 5.87. The van der Waals surface area contributed by atoms with E-state index in [1.54, 1.807) is 12.4 Å². The average Bonchev–Trinajstić information content (AvgIpc) is 2.52. The maximum absolute atomic E-state index is 12.2. The third-order valence-electron chi connectivity index (χ3n) is 3.37. The Morgan fingerprint density at radius 1 is 1.22 bits per heavy atom. The van der Waals surface area contributed by atoms with E-state index in [9.17, 15) is 9.59 Å². The minimum atomic E-state index is -0.209. The van der Waals surface area contributed by atoms with Gasteiger partial charge in [0.15, 0.2) is 0 Å². The third-order valence-corrected chi connectivity index (χ3v) is 3.86. The van der Waals surface area contributed by atoms with E-state index in [4.69, 9.17) is 0 Å². The molecule has 0 radical (unpaired) electrons. The van der Waals surface area contributed by atoms with Crippen molar-refractivity contribution in [3.63, 3.8) is 0 Å². The van der Waals surface area contributed by atoms with Crippen molar-refractivity contribution in [3.8, 4) is 0 Å². The van der Waals surface area contributed by atoms with E-state index < -0.39 is 0 Å². The van der Waals surface area contributed by atoms with Gasteiger partial charge in [0.05, 0.1) is 0 Å². The molecule has 0 saturated carbocycles. The summed E-state index contributed by atoms with van der Waals surface area (Å²) in [5.41, 5.74) is 2.62. The van der Waals surface area contributed by atoms with Crippen LogP contribution in [0.3, 0.4) is 0 Å². The molecule has 1 N–H and O–H groups in total. The lowest BCUT2D eigenvalue weighted by Crippen LogP contribution is -2.40. The summed E-state index contributed by atoms with van der Waals surface area (Å²) in [5.74, 6) is -0.381. The lowest BCUT2D eigenvalue weighted by molar-refractivity contribution is -0.123. The predicted molar refractivity (Wildman–Crippen MR) is 93.0 cm³/mol. The quantitative estimate of drug-likeness (QED) is 0.873. The lowest BCUT2D eigenvalue weighted by atomic mass is 10.2. The number of benzene rings is 1. The first-order valence-electron chi connectivity index (χ1n) is 7.17. The first kappa shape index (κ1) is 17.1. The van der Waals surface area contributed by atoms with Gasteiger partial charge in [0.25, 0.3) is 0 Å². The van der Waals surface area contributed by atoms with E-state index in [0.29, 0.717) is 6.54 Å². The van der Waals surface area contributed by atoms with Crippen molar-refractivity contribution in [2.24, 2.45) is 0 Å². The number of amides is 2. The summed E-state index contributed by atoms with van der Waals surface area (Å²) in [5, 5.41) is 2.82. The minimum absolute atomic E-state index is 0.0110. The number of rotatable bonds is 5. The topological polar surface area (TPSA) is 62.3 Å². The van der Waals surface area contributed by atoms with E-state index in [2.05, 4.69) is 26.2 Å². The highest BCUT2D eigenvalue weighted by molar-refractivity contribution is 9.10. The number of carbonyl (C=O) groups excluding carboxylic acids is 2. The van der Waals surface area contributed by atoms with Gasteiger partial charge < -0.3 is 10.2 Å². The molecule has 0 saturated heterocycles. The summed E-state index contributed by atoms with van der Waals surface area (Å²) in [7, 11) is 0. The van der Waals surface area contributed by atoms with Crippen LogP contribution in [0.2, 0.25) is 0 Å². The van der Waals surface area contributed by atoms with E-state index >= 15 is 0 Å². The summed E-state index contributed by atoms with van der Waals surface area (Å²) in [6, 6.07) is 9.27. The second-order valence-corrected chi connectivity index (χ2v) is 6.08. The zero-order valence-corrected chi connectivity index (χ0v) is 14.6. The van der Waals surface area contributed by atoms with Gasteiger partial charge in [-0.25, -0.2) is 0 Å². The second kappa shape index (κ2) is 7.87. The molecule has 5 nitrogen and oxygen atoms in total. The molecule has 6 heteroatoms. The van der Waals surface area contributed by atoms with Crippen LogP contribution in [-0.4, -0.2) is 23.3 Å². The van der Waals surface area contributed by atoms with E-state index in [0.717, 1.165) is 21.3 Å². The van der Waals surface area contributed by atoms with Crippen molar-refractivity contribution < 1.29 is 9.59 Å². The number of carbonyl (C=O) groups is 2. The molecule has 2 aromatic rings. The van der Waals surface area contributed by atoms with Gasteiger partial charge in [-0.05, 0) is 48.4 Å². The Morgan fingerprint density at radius 3 is 2.52 bits per heavy atom. The van der Waals surface area contributed by atoms with Crippen molar-refractivity contribution in [2.45, 2.75) is 20.4 Å². The molecule has 0 atom stereocenters. The van der Waals surface area contributed by atoms with Crippen LogP contribution in [0.25, 0.3) is 0 Å². The van der Waals surface area contributed by atoms with Gasteiger partial charge in [0, 0.05) is 36.0 Å². The van der Waals surface area contributed by atoms with E-state index in [1.165, 1.54) is 11.8 Å². The Bertz CT molecular complexity index is 704. The molecule has 1 aromatic heterocycles. The third kappa shape index (κ3) is 4.89. The van der Waals surface area contributed by atoms with Crippen molar-refractivity contribution in [3.05, 3.63) is 58.3 Å². The number of nitrogens with zero attached hydrogens (tertiary/aromatic N) is 2. The first-order valence-corrected chi connectivity index (χ1v) is 7.96. The number of aromatic nitrogens is 1. The number of pyridine rings is 1. The van der Waals surface area contributed by atoms with Crippen LogP contribution in [0.15, 0.2) is 47.2 Å². The van der Waals surface area contributed by atoms with Gasteiger partial charge in [0.1, 0.15) is 6.54 Å². The number of halogens is 1. The van der Waals surface area contributed by atoms with Gasteiger partial charge in [-0.2, -0.15) is 0 Å². The Morgan fingerprint density at radius 2 is 1.91 bits per heavy atom. The van der Waals surface area contributed by atoms with Crippen molar-refractivity contribution in [1.82, 2.24) is 10.3 Å². The van der Waals surface area contributed by atoms with Crippen LogP contribution in [0.4, 0.5) is 5.69 Å². The molecule has 0 spiro atoms. The van der Waals surface area contributed by atoms with Crippen LogP contribution >= 0.6 is 15.9 Å². The molecular formula is C17H18BrN3O2. The summed E-state index contributed by atoms with van der Waals surface area (Å²) in [4.78, 5) is 29.5. The molecule has 1 aromatic carbocycles. The number of nitrogens with one attached hydrogen (secondary N) is 1. The molecule has 0 unspecified atom stereocenters. The Labute approximate surface area is 143 Å². The van der Waals surface area contributed by atoms with Gasteiger partial charge >= 0.3 is 0 Å². The monoisotopic (exact) mass is 375 g/mol. The molecule has 2 amide bonds. The average molecular weight is 376 g/mol. The largest absolute Gasteiger partial charge is 0.350 e. The molecule has 0 aliphatic rings. The van der Waals surface area contributed by atoms with Crippen molar-refractivity contribution in [1.29, 1.82) is 0 Å². The van der Waals surface area contributed by atoms with E-state index in [-0.39, 0.29) is 18.4 Å². The molecule has 0 aliphatic carbocycles. The fourth-order valence-corrected chi connectivity index (χ4v) is 2.66. The maximum atomic E-state index is 12.2. The molecule has 2 rings (SSSR count). The number of aryl methyl sites for hydroxylation is 1. The fourth-order valence-electron chi connectivity index (χ4n) is 2.19. The zero-order valence-electron chi connectivity index (χ0n) is 13.0. The minimum Gasteiger partial charge on any atom is -0.350 e. The summed E-state index contributed by atoms with van der Waals surface area (Å²) >= 11 is 3.40. The van der Waals surface area contributed by atoms with Gasteiger partial charge in [-0.1, -0.05) is 15.9 Å². The highest BCUT2D eigenvalue weighted by Crippen LogP contribution is 2.23. The summed E-state index contributed by atoms with van der Waals surface area (Å²) in [6.07, 6.45) is 3.35. The fraction of sp³-hybridized carbons (Fsp3) is 0.235.